The van der Waals surface area contributed by atoms with Gasteiger partial charge in [0.2, 0.25) is 5.88 Å². The number of anilines is 2. The number of rotatable bonds is 4. The lowest BCUT2D eigenvalue weighted by atomic mass is 9.95. The summed E-state index contributed by atoms with van der Waals surface area (Å²) in [5.74, 6) is 1.04. The van der Waals surface area contributed by atoms with E-state index in [1.165, 1.54) is 6.33 Å². The third kappa shape index (κ3) is 2.81. The monoisotopic (exact) mass is 252 g/mol. The van der Waals surface area contributed by atoms with Crippen LogP contribution < -0.4 is 15.8 Å². The van der Waals surface area contributed by atoms with Gasteiger partial charge >= 0.3 is 0 Å². The van der Waals surface area contributed by atoms with Gasteiger partial charge in [-0.05, 0) is 26.7 Å². The Hall–Kier alpha value is -1.56. The van der Waals surface area contributed by atoms with Gasteiger partial charge < -0.3 is 20.5 Å². The predicted molar refractivity (Wildman–Crippen MR) is 69.7 cm³/mol. The summed E-state index contributed by atoms with van der Waals surface area (Å²) in [6.07, 6.45) is 3.52. The molecular formula is C12H20N4O2. The van der Waals surface area contributed by atoms with E-state index in [1.807, 2.05) is 6.92 Å². The minimum Gasteiger partial charge on any atom is -0.476 e. The molecule has 18 heavy (non-hydrogen) atoms. The van der Waals surface area contributed by atoms with Crippen molar-refractivity contribution in [3.05, 3.63) is 6.33 Å². The molecular weight excluding hydrogens is 232 g/mol. The van der Waals surface area contributed by atoms with Crippen molar-refractivity contribution in [2.45, 2.75) is 32.2 Å². The van der Waals surface area contributed by atoms with E-state index in [1.54, 1.807) is 0 Å². The van der Waals surface area contributed by atoms with Crippen LogP contribution in [0.15, 0.2) is 6.33 Å². The molecule has 0 aliphatic carbocycles. The molecule has 1 atom stereocenters. The fraction of sp³-hybridized carbons (Fsp3) is 0.667. The summed E-state index contributed by atoms with van der Waals surface area (Å²) in [6, 6.07) is 0. The number of hydrogen-bond donors (Lipinski definition) is 2. The quantitative estimate of drug-likeness (QED) is 0.843. The zero-order valence-corrected chi connectivity index (χ0v) is 10.9. The summed E-state index contributed by atoms with van der Waals surface area (Å²) in [5.41, 5.74) is 6.31. The van der Waals surface area contributed by atoms with Crippen molar-refractivity contribution in [1.82, 2.24) is 9.97 Å². The summed E-state index contributed by atoms with van der Waals surface area (Å²) in [4.78, 5) is 8.19. The third-order valence-corrected chi connectivity index (χ3v) is 2.99. The van der Waals surface area contributed by atoms with Crippen LogP contribution in [0.25, 0.3) is 0 Å². The third-order valence-electron chi connectivity index (χ3n) is 2.99. The van der Waals surface area contributed by atoms with Crippen LogP contribution in [0.2, 0.25) is 0 Å². The minimum absolute atomic E-state index is 0.135. The topological polar surface area (TPSA) is 82.3 Å². The zero-order valence-electron chi connectivity index (χ0n) is 10.9. The van der Waals surface area contributed by atoms with Gasteiger partial charge in [-0.1, -0.05) is 0 Å². The first-order valence-corrected chi connectivity index (χ1v) is 6.24. The van der Waals surface area contributed by atoms with E-state index in [9.17, 15) is 0 Å². The first-order chi connectivity index (χ1) is 8.64. The number of nitrogens with zero attached hydrogens (tertiary/aromatic N) is 2. The highest BCUT2D eigenvalue weighted by atomic mass is 16.5. The second-order valence-electron chi connectivity index (χ2n) is 4.72. The van der Waals surface area contributed by atoms with Crippen LogP contribution >= 0.6 is 0 Å². The Morgan fingerprint density at radius 3 is 3.06 bits per heavy atom. The van der Waals surface area contributed by atoms with Crippen LogP contribution in [-0.2, 0) is 4.74 Å². The maximum absolute atomic E-state index is 5.99. The Morgan fingerprint density at radius 2 is 2.39 bits per heavy atom. The summed E-state index contributed by atoms with van der Waals surface area (Å²) < 4.78 is 10.8. The second-order valence-corrected chi connectivity index (χ2v) is 4.72. The Balaban J connectivity index is 2.15. The molecule has 6 nitrogen and oxygen atoms in total. The van der Waals surface area contributed by atoms with Gasteiger partial charge in [0.1, 0.15) is 12.0 Å². The SMILES string of the molecule is CCOc1ncnc(NC2(C)CCCOC2)c1N. The molecule has 3 N–H and O–H groups in total. The van der Waals surface area contributed by atoms with E-state index in [2.05, 4.69) is 22.2 Å². The zero-order chi connectivity index (χ0) is 13.0. The Labute approximate surface area is 107 Å². The summed E-state index contributed by atoms with van der Waals surface area (Å²) >= 11 is 0. The number of nitrogens with two attached hydrogens (primary N) is 1. The molecule has 2 rings (SSSR count). The molecule has 0 radical (unpaired) electrons. The Kier molecular flexibility index (Phi) is 3.86. The highest BCUT2D eigenvalue weighted by Gasteiger charge is 2.28. The number of nitrogen functional groups attached to an aromatic ring is 1. The van der Waals surface area contributed by atoms with E-state index in [-0.39, 0.29) is 5.54 Å². The van der Waals surface area contributed by atoms with Crippen molar-refractivity contribution >= 4 is 11.5 Å². The molecule has 1 fully saturated rings. The van der Waals surface area contributed by atoms with Crippen LogP contribution in [0.1, 0.15) is 26.7 Å². The largest absolute Gasteiger partial charge is 0.476 e. The molecule has 0 amide bonds. The lowest BCUT2D eigenvalue weighted by molar-refractivity contribution is 0.0539. The molecule has 100 valence electrons. The van der Waals surface area contributed by atoms with E-state index in [0.29, 0.717) is 30.6 Å². The molecule has 1 aliphatic heterocycles. The summed E-state index contributed by atoms with van der Waals surface area (Å²) in [7, 11) is 0. The molecule has 1 saturated heterocycles. The Morgan fingerprint density at radius 1 is 1.56 bits per heavy atom. The summed E-state index contributed by atoms with van der Waals surface area (Å²) in [6.45, 7) is 6.00. The van der Waals surface area contributed by atoms with Gasteiger partial charge in [0.15, 0.2) is 5.82 Å². The molecule has 1 aromatic rings. The fourth-order valence-corrected chi connectivity index (χ4v) is 2.05. The van der Waals surface area contributed by atoms with Crippen molar-refractivity contribution in [3.63, 3.8) is 0 Å². The maximum Gasteiger partial charge on any atom is 0.242 e. The van der Waals surface area contributed by atoms with Crippen LogP contribution in [0.5, 0.6) is 5.88 Å². The smallest absolute Gasteiger partial charge is 0.242 e. The fourth-order valence-electron chi connectivity index (χ4n) is 2.05. The molecule has 0 bridgehead atoms. The van der Waals surface area contributed by atoms with Gasteiger partial charge in [0, 0.05) is 6.61 Å². The minimum atomic E-state index is -0.135. The summed E-state index contributed by atoms with van der Waals surface area (Å²) in [5, 5.41) is 3.34. The van der Waals surface area contributed by atoms with Gasteiger partial charge in [-0.3, -0.25) is 0 Å². The van der Waals surface area contributed by atoms with Crippen LogP contribution in [0.4, 0.5) is 11.5 Å². The maximum atomic E-state index is 5.99. The lowest BCUT2D eigenvalue weighted by Crippen LogP contribution is -2.43. The highest BCUT2D eigenvalue weighted by Crippen LogP contribution is 2.29. The highest BCUT2D eigenvalue weighted by molar-refractivity contribution is 5.67. The van der Waals surface area contributed by atoms with Crippen LogP contribution in [0, 0.1) is 0 Å². The second kappa shape index (κ2) is 5.39. The van der Waals surface area contributed by atoms with Crippen molar-refractivity contribution in [1.29, 1.82) is 0 Å². The van der Waals surface area contributed by atoms with Gasteiger partial charge in [0.05, 0.1) is 18.8 Å². The van der Waals surface area contributed by atoms with Gasteiger partial charge in [0.25, 0.3) is 0 Å². The molecule has 0 saturated carbocycles. The number of nitrogens with one attached hydrogen (secondary N) is 1. The van der Waals surface area contributed by atoms with Crippen molar-refractivity contribution in [2.75, 3.05) is 30.9 Å². The first kappa shape index (κ1) is 12.9. The predicted octanol–water partition coefficient (Wildman–Crippen LogP) is 1.44. The average Bonchev–Trinajstić information content (AvgIpc) is 2.35. The molecule has 1 aliphatic rings. The molecule has 2 heterocycles. The van der Waals surface area contributed by atoms with Crippen molar-refractivity contribution in [3.8, 4) is 5.88 Å². The van der Waals surface area contributed by atoms with Crippen molar-refractivity contribution in [2.24, 2.45) is 0 Å². The first-order valence-electron chi connectivity index (χ1n) is 6.24. The van der Waals surface area contributed by atoms with Crippen LogP contribution in [0.3, 0.4) is 0 Å². The molecule has 0 spiro atoms. The van der Waals surface area contributed by atoms with E-state index >= 15 is 0 Å². The van der Waals surface area contributed by atoms with E-state index in [0.717, 1.165) is 19.4 Å². The average molecular weight is 252 g/mol. The lowest BCUT2D eigenvalue weighted by Gasteiger charge is -2.35. The normalized spacial score (nSPS) is 23.7. The standard InChI is InChI=1S/C12H20N4O2/c1-3-18-11-9(13)10(14-8-15-11)16-12(2)5-4-6-17-7-12/h8H,3-7,13H2,1-2H3,(H,14,15,16). The molecule has 1 aromatic heterocycles. The van der Waals surface area contributed by atoms with Crippen molar-refractivity contribution < 1.29 is 9.47 Å². The van der Waals surface area contributed by atoms with Gasteiger partial charge in [-0.25, -0.2) is 4.98 Å². The van der Waals surface area contributed by atoms with E-state index in [4.69, 9.17) is 15.2 Å². The number of aromatic nitrogens is 2. The number of hydrogen-bond acceptors (Lipinski definition) is 6. The van der Waals surface area contributed by atoms with Gasteiger partial charge in [-0.15, -0.1) is 0 Å². The molecule has 0 aromatic carbocycles. The molecule has 1 unspecified atom stereocenters. The van der Waals surface area contributed by atoms with Crippen LogP contribution in [-0.4, -0.2) is 35.3 Å². The Bertz CT molecular complexity index is 405. The molecule has 6 heteroatoms. The van der Waals surface area contributed by atoms with Gasteiger partial charge in [-0.2, -0.15) is 4.98 Å². The number of ether oxygens (including phenoxy) is 2. The van der Waals surface area contributed by atoms with E-state index < -0.39 is 0 Å².